The van der Waals surface area contributed by atoms with Crippen LogP contribution in [0.4, 0.5) is 0 Å². The van der Waals surface area contributed by atoms with Gasteiger partial charge < -0.3 is 0 Å². The van der Waals surface area contributed by atoms with Crippen LogP contribution in [0.15, 0.2) is 109 Å². The van der Waals surface area contributed by atoms with Crippen molar-refractivity contribution in [2.24, 2.45) is 0 Å². The third kappa shape index (κ3) is 3.42. The van der Waals surface area contributed by atoms with E-state index in [1.807, 2.05) is 0 Å². The van der Waals surface area contributed by atoms with E-state index in [4.69, 9.17) is 0 Å². The molecule has 0 N–H and O–H groups in total. The number of benzene rings is 4. The number of allylic oxidation sites excluding steroid dienone is 2. The molecule has 0 heterocycles. The number of rotatable bonds is 4. The Bertz CT molecular complexity index is 1200. The summed E-state index contributed by atoms with van der Waals surface area (Å²) in [6.45, 7) is 0. The molecule has 2 aliphatic carbocycles. The average Bonchev–Trinajstić information content (AvgIpc) is 3.40. The summed E-state index contributed by atoms with van der Waals surface area (Å²) in [5.41, 5.74) is 11.7. The normalized spacial score (nSPS) is 18.7. The molecule has 2 unspecified atom stereocenters. The standard InChI is InChI=1S/2C15H11.Zr/c2*1-2-6-12(7-3-1)15-10-13-8-4-5-9-14(13)11-15;/h2*1-11H;. The minimum absolute atomic E-state index is 0.561. The second-order valence-electron chi connectivity index (χ2n) is 8.22. The summed E-state index contributed by atoms with van der Waals surface area (Å²) < 4.78 is 1.12. The molecular formula is C30H22Zr. The van der Waals surface area contributed by atoms with Crippen molar-refractivity contribution in [3.05, 3.63) is 143 Å². The first-order valence-electron chi connectivity index (χ1n) is 10.9. The Labute approximate surface area is 195 Å². The van der Waals surface area contributed by atoms with Crippen molar-refractivity contribution in [3.63, 3.8) is 0 Å². The van der Waals surface area contributed by atoms with E-state index in [0.29, 0.717) is 7.25 Å². The molecule has 0 spiro atoms. The first-order chi connectivity index (χ1) is 15.4. The third-order valence-corrected chi connectivity index (χ3v) is 11.1. The van der Waals surface area contributed by atoms with E-state index >= 15 is 0 Å². The summed E-state index contributed by atoms with van der Waals surface area (Å²) in [4.78, 5) is 0. The van der Waals surface area contributed by atoms with Gasteiger partial charge in [0.15, 0.2) is 0 Å². The van der Waals surface area contributed by atoms with Crippen molar-refractivity contribution in [2.45, 2.75) is 7.25 Å². The zero-order valence-electron chi connectivity index (χ0n) is 17.2. The van der Waals surface area contributed by atoms with Gasteiger partial charge in [-0.15, -0.1) is 0 Å². The van der Waals surface area contributed by atoms with Crippen LogP contribution < -0.4 is 0 Å². The summed E-state index contributed by atoms with van der Waals surface area (Å²) in [5.74, 6) is 0. The summed E-state index contributed by atoms with van der Waals surface area (Å²) in [5, 5.41) is 0. The Kier molecular flexibility index (Phi) is 4.93. The van der Waals surface area contributed by atoms with E-state index in [1.54, 1.807) is 0 Å². The van der Waals surface area contributed by atoms with Crippen LogP contribution in [0.25, 0.3) is 23.3 Å². The molecule has 2 atom stereocenters. The molecule has 0 aliphatic heterocycles. The second-order valence-corrected chi connectivity index (χ2v) is 11.9. The molecular weight excluding hydrogens is 452 g/mol. The molecule has 0 amide bonds. The van der Waals surface area contributed by atoms with E-state index in [9.17, 15) is 0 Å². The molecule has 0 fully saturated rings. The van der Waals surface area contributed by atoms with Crippen molar-refractivity contribution in [3.8, 4) is 0 Å². The Morgan fingerprint density at radius 3 is 1.26 bits per heavy atom. The van der Waals surface area contributed by atoms with Gasteiger partial charge in [0, 0.05) is 0 Å². The Balaban J connectivity index is 1.45. The van der Waals surface area contributed by atoms with Crippen LogP contribution >= 0.6 is 0 Å². The molecule has 0 saturated carbocycles. The summed E-state index contributed by atoms with van der Waals surface area (Å²) in [7, 11) is 0. The molecule has 1 heteroatoms. The summed E-state index contributed by atoms with van der Waals surface area (Å²) >= 11 is -0.942. The van der Waals surface area contributed by atoms with Crippen LogP contribution in [0.3, 0.4) is 0 Å². The molecule has 2 aliphatic rings. The molecule has 146 valence electrons. The summed E-state index contributed by atoms with van der Waals surface area (Å²) in [6, 6.07) is 40.1. The monoisotopic (exact) mass is 472 g/mol. The molecule has 31 heavy (non-hydrogen) atoms. The van der Waals surface area contributed by atoms with Gasteiger partial charge in [0.2, 0.25) is 0 Å². The molecule has 0 nitrogen and oxygen atoms in total. The zero-order chi connectivity index (χ0) is 20.6. The average molecular weight is 474 g/mol. The first kappa shape index (κ1) is 19.0. The second kappa shape index (κ2) is 8.06. The van der Waals surface area contributed by atoms with Gasteiger partial charge >= 0.3 is 196 Å². The summed E-state index contributed by atoms with van der Waals surface area (Å²) in [6.07, 6.45) is 4.89. The fraction of sp³-hybridized carbons (Fsp3) is 0.0667. The van der Waals surface area contributed by atoms with Gasteiger partial charge in [0.05, 0.1) is 0 Å². The molecule has 4 aromatic carbocycles. The van der Waals surface area contributed by atoms with Crippen molar-refractivity contribution in [1.82, 2.24) is 0 Å². The van der Waals surface area contributed by atoms with E-state index in [2.05, 4.69) is 121 Å². The molecule has 0 aromatic heterocycles. The molecule has 0 bridgehead atoms. The maximum absolute atomic E-state index is 2.45. The van der Waals surface area contributed by atoms with Crippen molar-refractivity contribution in [2.75, 3.05) is 0 Å². The first-order valence-corrected chi connectivity index (χ1v) is 13.7. The number of hydrogen-bond donors (Lipinski definition) is 0. The fourth-order valence-corrected chi connectivity index (χ4v) is 10.0. The third-order valence-electron chi connectivity index (χ3n) is 6.41. The van der Waals surface area contributed by atoms with Crippen LogP contribution in [0.1, 0.15) is 40.6 Å². The van der Waals surface area contributed by atoms with Gasteiger partial charge in [-0.1, -0.05) is 0 Å². The van der Waals surface area contributed by atoms with Gasteiger partial charge in [-0.05, 0) is 0 Å². The van der Waals surface area contributed by atoms with Crippen molar-refractivity contribution < 1.29 is 23.2 Å². The Morgan fingerprint density at radius 2 is 0.806 bits per heavy atom. The molecule has 0 radical (unpaired) electrons. The van der Waals surface area contributed by atoms with E-state index < -0.39 is 23.2 Å². The minimum atomic E-state index is -0.942. The van der Waals surface area contributed by atoms with Gasteiger partial charge in [-0.25, -0.2) is 0 Å². The predicted octanol–water partition coefficient (Wildman–Crippen LogP) is 7.66. The molecule has 0 saturated heterocycles. The molecule has 4 aromatic rings. The topological polar surface area (TPSA) is 0 Å². The molecule has 6 rings (SSSR count). The maximum atomic E-state index is 2.45. The SMILES string of the molecule is C1=C(c2ccccc2)[CH]([Zr][CH]2C(c3ccccc3)=Cc3ccccc32)c2ccccc21. The van der Waals surface area contributed by atoms with Crippen LogP contribution in [-0.4, -0.2) is 0 Å². The van der Waals surface area contributed by atoms with Crippen LogP contribution in [0.2, 0.25) is 0 Å². The Morgan fingerprint density at radius 1 is 0.419 bits per heavy atom. The van der Waals surface area contributed by atoms with Gasteiger partial charge in [0.25, 0.3) is 0 Å². The van der Waals surface area contributed by atoms with Gasteiger partial charge in [-0.2, -0.15) is 0 Å². The van der Waals surface area contributed by atoms with Crippen molar-refractivity contribution in [1.29, 1.82) is 0 Å². The van der Waals surface area contributed by atoms with Crippen LogP contribution in [0.5, 0.6) is 0 Å². The predicted molar refractivity (Wildman–Crippen MR) is 127 cm³/mol. The van der Waals surface area contributed by atoms with Crippen LogP contribution in [-0.2, 0) is 23.2 Å². The zero-order valence-corrected chi connectivity index (χ0v) is 19.7. The Hall–Kier alpha value is -2.76. The number of fused-ring (bicyclic) bond motifs is 2. The fourth-order valence-electron chi connectivity index (χ4n) is 4.93. The van der Waals surface area contributed by atoms with E-state index in [0.717, 1.165) is 0 Å². The van der Waals surface area contributed by atoms with Gasteiger partial charge in [-0.3, -0.25) is 0 Å². The van der Waals surface area contributed by atoms with E-state index in [1.165, 1.54) is 44.5 Å². The van der Waals surface area contributed by atoms with Crippen molar-refractivity contribution >= 4 is 23.3 Å². The quantitative estimate of drug-likeness (QED) is 0.285. The van der Waals surface area contributed by atoms with E-state index in [-0.39, 0.29) is 0 Å². The van der Waals surface area contributed by atoms with Gasteiger partial charge in [0.1, 0.15) is 0 Å². The van der Waals surface area contributed by atoms with Crippen LogP contribution in [0, 0.1) is 0 Å². The number of hydrogen-bond acceptors (Lipinski definition) is 0.